The van der Waals surface area contributed by atoms with E-state index in [4.69, 9.17) is 0 Å². The number of hydrogen-bond acceptors (Lipinski definition) is 5. The Balaban J connectivity index is 2.25. The fourth-order valence-corrected chi connectivity index (χ4v) is 2.42. The van der Waals surface area contributed by atoms with E-state index in [1.165, 1.54) is 16.8 Å². The van der Waals surface area contributed by atoms with Crippen molar-refractivity contribution in [3.8, 4) is 0 Å². The number of carboxylic acids is 1. The van der Waals surface area contributed by atoms with Gasteiger partial charge in [-0.15, -0.1) is 5.10 Å². The maximum atomic E-state index is 13.1. The Morgan fingerprint density at radius 3 is 2.58 bits per heavy atom. The lowest BCUT2D eigenvalue weighted by molar-refractivity contribution is -0.142. The predicted octanol–water partition coefficient (Wildman–Crippen LogP) is 1.44. The van der Waals surface area contributed by atoms with Gasteiger partial charge in [0.15, 0.2) is 0 Å². The number of carbonyl (C=O) groups excluding carboxylic acids is 1. The van der Waals surface area contributed by atoms with Gasteiger partial charge in [-0.1, -0.05) is 24.3 Å². The van der Waals surface area contributed by atoms with Gasteiger partial charge in [0.2, 0.25) is 5.91 Å². The van der Waals surface area contributed by atoms with E-state index in [0.29, 0.717) is 11.4 Å². The minimum absolute atomic E-state index is 0.162. The van der Waals surface area contributed by atoms with Crippen LogP contribution in [0.15, 0.2) is 36.4 Å². The Hall–Kier alpha value is -3.10. The molecule has 26 heavy (non-hydrogen) atoms. The fraction of sp³-hybridized carbons (Fsp3) is 0.353. The first-order chi connectivity index (χ1) is 12.4. The number of halogens is 1. The van der Waals surface area contributed by atoms with Crippen LogP contribution in [0.1, 0.15) is 30.8 Å². The largest absolute Gasteiger partial charge is 0.480 e. The number of nitrogens with zero attached hydrogens (tertiary/aromatic N) is 4. The SMILES string of the molecule is C/C=C/CC(NC(=O)C(Cc1ccc(F)cc1)n1nnnc1C)C(=O)O. The molecule has 0 radical (unpaired) electrons. The molecule has 0 bridgehead atoms. The second kappa shape index (κ2) is 8.84. The summed E-state index contributed by atoms with van der Waals surface area (Å²) >= 11 is 0. The van der Waals surface area contributed by atoms with Gasteiger partial charge in [0.25, 0.3) is 0 Å². The van der Waals surface area contributed by atoms with E-state index in [1.54, 1.807) is 38.1 Å². The number of nitrogens with one attached hydrogen (secondary N) is 1. The Labute approximate surface area is 149 Å². The highest BCUT2D eigenvalue weighted by Gasteiger charge is 2.28. The van der Waals surface area contributed by atoms with Crippen LogP contribution in [-0.4, -0.2) is 43.2 Å². The molecule has 0 aliphatic heterocycles. The summed E-state index contributed by atoms with van der Waals surface area (Å²) in [5.74, 6) is -1.63. The second-order valence-electron chi connectivity index (χ2n) is 5.72. The van der Waals surface area contributed by atoms with Crippen LogP contribution >= 0.6 is 0 Å². The molecule has 9 heteroatoms. The number of aryl methyl sites for hydroxylation is 1. The third kappa shape index (κ3) is 4.95. The molecule has 0 aliphatic rings. The van der Waals surface area contributed by atoms with E-state index in [2.05, 4.69) is 20.8 Å². The first kappa shape index (κ1) is 19.2. The van der Waals surface area contributed by atoms with Crippen molar-refractivity contribution < 1.29 is 19.1 Å². The molecule has 0 fully saturated rings. The second-order valence-corrected chi connectivity index (χ2v) is 5.72. The lowest BCUT2D eigenvalue weighted by Gasteiger charge is -2.20. The Bertz CT molecular complexity index is 788. The number of benzene rings is 1. The lowest BCUT2D eigenvalue weighted by atomic mass is 10.0. The minimum Gasteiger partial charge on any atom is -0.480 e. The molecule has 2 unspecified atom stereocenters. The van der Waals surface area contributed by atoms with E-state index in [0.717, 1.165) is 0 Å². The summed E-state index contributed by atoms with van der Waals surface area (Å²) in [4.78, 5) is 24.1. The molecular weight excluding hydrogens is 341 g/mol. The van der Waals surface area contributed by atoms with Crippen molar-refractivity contribution in [3.63, 3.8) is 0 Å². The van der Waals surface area contributed by atoms with Crippen LogP contribution in [0.3, 0.4) is 0 Å². The molecule has 0 saturated carbocycles. The molecule has 2 aromatic rings. The molecule has 0 aliphatic carbocycles. The number of aliphatic carboxylic acids is 1. The molecule has 2 N–H and O–H groups in total. The molecule has 0 spiro atoms. The molecule has 1 heterocycles. The van der Waals surface area contributed by atoms with Gasteiger partial charge in [-0.2, -0.15) is 0 Å². The summed E-state index contributed by atoms with van der Waals surface area (Å²) < 4.78 is 14.4. The summed E-state index contributed by atoms with van der Waals surface area (Å²) in [5.41, 5.74) is 0.696. The molecule has 1 aromatic carbocycles. The van der Waals surface area contributed by atoms with E-state index in [9.17, 15) is 19.1 Å². The van der Waals surface area contributed by atoms with Crippen LogP contribution in [0.25, 0.3) is 0 Å². The van der Waals surface area contributed by atoms with Gasteiger partial charge in [0, 0.05) is 6.42 Å². The van der Waals surface area contributed by atoms with Crippen LogP contribution in [-0.2, 0) is 16.0 Å². The number of amides is 1. The Morgan fingerprint density at radius 2 is 2.04 bits per heavy atom. The van der Waals surface area contributed by atoms with Crippen molar-refractivity contribution >= 4 is 11.9 Å². The third-order valence-electron chi connectivity index (χ3n) is 3.82. The van der Waals surface area contributed by atoms with Crippen LogP contribution in [0.4, 0.5) is 4.39 Å². The topological polar surface area (TPSA) is 110 Å². The first-order valence-electron chi connectivity index (χ1n) is 8.05. The molecule has 0 saturated heterocycles. The van der Waals surface area contributed by atoms with Gasteiger partial charge in [0.05, 0.1) is 0 Å². The number of aromatic nitrogens is 4. The summed E-state index contributed by atoms with van der Waals surface area (Å²) in [6.45, 7) is 3.40. The van der Waals surface area contributed by atoms with Crippen molar-refractivity contribution in [2.75, 3.05) is 0 Å². The highest BCUT2D eigenvalue weighted by atomic mass is 19.1. The van der Waals surface area contributed by atoms with Crippen LogP contribution in [0, 0.1) is 12.7 Å². The Kier molecular flexibility index (Phi) is 6.54. The van der Waals surface area contributed by atoms with Crippen LogP contribution < -0.4 is 5.32 Å². The number of hydrogen-bond donors (Lipinski definition) is 2. The van der Waals surface area contributed by atoms with E-state index in [-0.39, 0.29) is 18.7 Å². The maximum Gasteiger partial charge on any atom is 0.326 e. The molecule has 8 nitrogen and oxygen atoms in total. The average molecular weight is 361 g/mol. The summed E-state index contributed by atoms with van der Waals surface area (Å²) in [6.07, 6.45) is 3.73. The van der Waals surface area contributed by atoms with E-state index < -0.39 is 24.0 Å². The van der Waals surface area contributed by atoms with Gasteiger partial charge in [-0.3, -0.25) is 4.79 Å². The van der Waals surface area contributed by atoms with Gasteiger partial charge in [-0.05, 0) is 48.4 Å². The third-order valence-corrected chi connectivity index (χ3v) is 3.82. The number of rotatable bonds is 8. The summed E-state index contributed by atoms with van der Waals surface area (Å²) in [6, 6.07) is 3.79. The minimum atomic E-state index is -1.13. The fourth-order valence-electron chi connectivity index (χ4n) is 2.42. The predicted molar refractivity (Wildman–Crippen MR) is 90.7 cm³/mol. The number of carboxylic acid groups (broad SMARTS) is 1. The van der Waals surface area contributed by atoms with Gasteiger partial charge < -0.3 is 10.4 Å². The van der Waals surface area contributed by atoms with Crippen LogP contribution in [0.5, 0.6) is 0 Å². The monoisotopic (exact) mass is 361 g/mol. The smallest absolute Gasteiger partial charge is 0.326 e. The van der Waals surface area contributed by atoms with Gasteiger partial charge >= 0.3 is 5.97 Å². The normalized spacial score (nSPS) is 13.5. The van der Waals surface area contributed by atoms with Gasteiger partial charge in [-0.25, -0.2) is 13.9 Å². The van der Waals surface area contributed by atoms with Crippen molar-refractivity contribution in [1.82, 2.24) is 25.5 Å². The van der Waals surface area contributed by atoms with Crippen LogP contribution in [0.2, 0.25) is 0 Å². The Morgan fingerprint density at radius 1 is 1.35 bits per heavy atom. The molecule has 2 atom stereocenters. The standard InChI is InChI=1S/C17H20FN5O3/c1-3-4-5-14(17(25)26)19-16(24)15(23-11(2)20-21-22-23)10-12-6-8-13(18)9-7-12/h3-4,6-9,14-15H,5,10H2,1-2H3,(H,19,24)(H,25,26)/b4-3+. The van der Waals surface area contributed by atoms with Crippen molar-refractivity contribution in [2.45, 2.75) is 38.8 Å². The summed E-state index contributed by atoms with van der Waals surface area (Å²) in [7, 11) is 0. The van der Waals surface area contributed by atoms with E-state index >= 15 is 0 Å². The molecule has 1 aromatic heterocycles. The van der Waals surface area contributed by atoms with Crippen molar-refractivity contribution in [2.24, 2.45) is 0 Å². The zero-order valence-corrected chi connectivity index (χ0v) is 14.5. The zero-order valence-electron chi connectivity index (χ0n) is 14.5. The average Bonchev–Trinajstić information content (AvgIpc) is 3.03. The first-order valence-corrected chi connectivity index (χ1v) is 8.05. The molecule has 1 amide bonds. The van der Waals surface area contributed by atoms with E-state index in [1.807, 2.05) is 0 Å². The highest BCUT2D eigenvalue weighted by molar-refractivity contribution is 5.86. The lowest BCUT2D eigenvalue weighted by Crippen LogP contribution is -2.44. The number of tetrazole rings is 1. The summed E-state index contributed by atoms with van der Waals surface area (Å²) in [5, 5.41) is 23.0. The quantitative estimate of drug-likeness (QED) is 0.689. The molecule has 138 valence electrons. The van der Waals surface area contributed by atoms with Crippen molar-refractivity contribution in [3.05, 3.63) is 53.6 Å². The number of carbonyl (C=O) groups is 2. The molecule has 2 rings (SSSR count). The van der Waals surface area contributed by atoms with Crippen molar-refractivity contribution in [1.29, 1.82) is 0 Å². The zero-order chi connectivity index (χ0) is 19.1. The number of allylic oxidation sites excluding steroid dienone is 1. The molecular formula is C17H20FN5O3. The van der Waals surface area contributed by atoms with Gasteiger partial charge in [0.1, 0.15) is 23.7 Å². The maximum absolute atomic E-state index is 13.1. The highest BCUT2D eigenvalue weighted by Crippen LogP contribution is 2.16.